The lowest BCUT2D eigenvalue weighted by Crippen LogP contribution is -2.31. The van der Waals surface area contributed by atoms with Crippen molar-refractivity contribution in [1.82, 2.24) is 15.2 Å². The molecule has 1 fully saturated rings. The molecule has 2 atom stereocenters. The van der Waals surface area contributed by atoms with Gasteiger partial charge in [0.2, 0.25) is 0 Å². The third kappa shape index (κ3) is 2.77. The van der Waals surface area contributed by atoms with E-state index < -0.39 is 0 Å². The number of likely N-dealkylation sites (tertiary alicyclic amines) is 1. The van der Waals surface area contributed by atoms with Crippen LogP contribution in [0.5, 0.6) is 0 Å². The number of nitrogens with one attached hydrogen (secondary N) is 1. The van der Waals surface area contributed by atoms with Gasteiger partial charge in [-0.2, -0.15) is 0 Å². The summed E-state index contributed by atoms with van der Waals surface area (Å²) in [5.74, 6) is 0. The summed E-state index contributed by atoms with van der Waals surface area (Å²) in [4.78, 5) is 6.86. The predicted octanol–water partition coefficient (Wildman–Crippen LogP) is 1.63. The fourth-order valence-corrected chi connectivity index (χ4v) is 2.69. The van der Waals surface area contributed by atoms with Gasteiger partial charge in [0.25, 0.3) is 0 Å². The van der Waals surface area contributed by atoms with E-state index in [1.165, 1.54) is 12.1 Å². The highest BCUT2D eigenvalue weighted by Crippen LogP contribution is 2.15. The van der Waals surface area contributed by atoms with Crippen LogP contribution >= 0.6 is 11.3 Å². The minimum Gasteiger partial charge on any atom is -0.307 e. The van der Waals surface area contributed by atoms with Gasteiger partial charge in [0, 0.05) is 30.6 Å². The van der Waals surface area contributed by atoms with Crippen molar-refractivity contribution < 1.29 is 0 Å². The zero-order chi connectivity index (χ0) is 10.8. The highest BCUT2D eigenvalue weighted by Gasteiger charge is 2.25. The average molecular weight is 225 g/mol. The molecule has 0 bridgehead atoms. The van der Waals surface area contributed by atoms with Gasteiger partial charge in [-0.05, 0) is 27.3 Å². The van der Waals surface area contributed by atoms with Crippen molar-refractivity contribution in [2.24, 2.45) is 0 Å². The first-order chi connectivity index (χ1) is 7.15. The molecule has 1 aliphatic heterocycles. The lowest BCUT2D eigenvalue weighted by molar-refractivity contribution is 0.326. The summed E-state index contributed by atoms with van der Waals surface area (Å²) in [6.45, 7) is 6.41. The van der Waals surface area contributed by atoms with E-state index in [-0.39, 0.29) is 0 Å². The van der Waals surface area contributed by atoms with E-state index in [0.29, 0.717) is 12.1 Å². The molecule has 1 N–H and O–H groups in total. The second kappa shape index (κ2) is 4.60. The van der Waals surface area contributed by atoms with Gasteiger partial charge in [-0.25, -0.2) is 4.98 Å². The van der Waals surface area contributed by atoms with Crippen LogP contribution in [0.25, 0.3) is 0 Å². The summed E-state index contributed by atoms with van der Waals surface area (Å²) in [6, 6.07) is 1.34. The lowest BCUT2D eigenvalue weighted by Gasteiger charge is -2.12. The molecular weight excluding hydrogens is 206 g/mol. The summed E-state index contributed by atoms with van der Waals surface area (Å²) in [5, 5.41) is 6.87. The number of hydrogen-bond acceptors (Lipinski definition) is 4. The van der Waals surface area contributed by atoms with E-state index in [2.05, 4.69) is 41.5 Å². The summed E-state index contributed by atoms with van der Waals surface area (Å²) in [7, 11) is 2.19. The first-order valence-corrected chi connectivity index (χ1v) is 6.37. The Morgan fingerprint density at radius 3 is 3.00 bits per heavy atom. The minimum absolute atomic E-state index is 0.631. The Labute approximate surface area is 95.5 Å². The van der Waals surface area contributed by atoms with E-state index >= 15 is 0 Å². The molecule has 1 aromatic heterocycles. The number of aromatic nitrogens is 1. The summed E-state index contributed by atoms with van der Waals surface area (Å²) < 4.78 is 0. The molecule has 0 radical (unpaired) electrons. The van der Waals surface area contributed by atoms with E-state index in [1.54, 1.807) is 11.3 Å². The van der Waals surface area contributed by atoms with Gasteiger partial charge in [-0.3, -0.25) is 0 Å². The van der Waals surface area contributed by atoms with Crippen LogP contribution in [0.4, 0.5) is 0 Å². The van der Waals surface area contributed by atoms with Crippen LogP contribution in [-0.2, 0) is 6.54 Å². The SMILES string of the molecule is Cc1nc(CNC2CC(C)N(C)C2)cs1. The molecule has 84 valence electrons. The quantitative estimate of drug-likeness (QED) is 0.847. The molecule has 4 heteroatoms. The summed E-state index contributed by atoms with van der Waals surface area (Å²) in [5.41, 5.74) is 1.18. The Bertz CT molecular complexity index is 313. The van der Waals surface area contributed by atoms with E-state index in [0.717, 1.165) is 18.1 Å². The fraction of sp³-hybridized carbons (Fsp3) is 0.727. The number of likely N-dealkylation sites (N-methyl/N-ethyl adjacent to an activating group) is 1. The number of nitrogens with zero attached hydrogens (tertiary/aromatic N) is 2. The van der Waals surface area contributed by atoms with Gasteiger partial charge < -0.3 is 10.2 Å². The molecule has 0 amide bonds. The summed E-state index contributed by atoms with van der Waals surface area (Å²) >= 11 is 1.73. The second-order valence-electron chi connectivity index (χ2n) is 4.46. The molecule has 3 nitrogen and oxygen atoms in total. The van der Waals surface area contributed by atoms with Crippen LogP contribution in [0.1, 0.15) is 24.0 Å². The molecule has 0 aliphatic carbocycles. The lowest BCUT2D eigenvalue weighted by atomic mass is 10.2. The third-order valence-electron chi connectivity index (χ3n) is 3.12. The van der Waals surface area contributed by atoms with Gasteiger partial charge in [-0.15, -0.1) is 11.3 Å². The molecule has 1 aromatic rings. The molecule has 0 spiro atoms. The van der Waals surface area contributed by atoms with Crippen LogP contribution < -0.4 is 5.32 Å². The fourth-order valence-electron chi connectivity index (χ4n) is 2.08. The molecule has 2 heterocycles. The van der Waals surface area contributed by atoms with Crippen LogP contribution in [0.15, 0.2) is 5.38 Å². The Kier molecular flexibility index (Phi) is 3.38. The van der Waals surface area contributed by atoms with Gasteiger partial charge in [0.15, 0.2) is 0 Å². The van der Waals surface area contributed by atoms with Gasteiger partial charge in [-0.1, -0.05) is 0 Å². The smallest absolute Gasteiger partial charge is 0.0897 e. The molecule has 15 heavy (non-hydrogen) atoms. The van der Waals surface area contributed by atoms with Crippen molar-refractivity contribution in [1.29, 1.82) is 0 Å². The normalized spacial score (nSPS) is 27.4. The van der Waals surface area contributed by atoms with Gasteiger partial charge in [0.1, 0.15) is 0 Å². The molecule has 0 saturated carbocycles. The van der Waals surface area contributed by atoms with Crippen LogP contribution in [0, 0.1) is 6.92 Å². The largest absolute Gasteiger partial charge is 0.307 e. The topological polar surface area (TPSA) is 28.2 Å². The molecule has 2 unspecified atom stereocenters. The van der Waals surface area contributed by atoms with Crippen molar-refractivity contribution in [3.05, 3.63) is 16.1 Å². The van der Waals surface area contributed by atoms with Crippen molar-refractivity contribution in [3.63, 3.8) is 0 Å². The van der Waals surface area contributed by atoms with Gasteiger partial charge in [0.05, 0.1) is 10.7 Å². The van der Waals surface area contributed by atoms with Crippen LogP contribution in [0.3, 0.4) is 0 Å². The van der Waals surface area contributed by atoms with E-state index in [9.17, 15) is 0 Å². The number of hydrogen-bond donors (Lipinski definition) is 1. The first-order valence-electron chi connectivity index (χ1n) is 5.50. The van der Waals surface area contributed by atoms with E-state index in [1.807, 2.05) is 0 Å². The Morgan fingerprint density at radius 2 is 2.47 bits per heavy atom. The minimum atomic E-state index is 0.631. The molecule has 0 aromatic carbocycles. The number of thiazole rings is 1. The highest BCUT2D eigenvalue weighted by molar-refractivity contribution is 7.09. The molecular formula is C11H19N3S. The van der Waals surface area contributed by atoms with Gasteiger partial charge >= 0.3 is 0 Å². The predicted molar refractivity (Wildman–Crippen MR) is 64.2 cm³/mol. The van der Waals surface area contributed by atoms with Crippen molar-refractivity contribution >= 4 is 11.3 Å². The van der Waals surface area contributed by atoms with Crippen molar-refractivity contribution in [3.8, 4) is 0 Å². The average Bonchev–Trinajstić information content (AvgIpc) is 2.72. The summed E-state index contributed by atoms with van der Waals surface area (Å²) in [6.07, 6.45) is 1.25. The van der Waals surface area contributed by atoms with Crippen LogP contribution in [0.2, 0.25) is 0 Å². The molecule has 2 rings (SSSR count). The Morgan fingerprint density at radius 1 is 1.67 bits per heavy atom. The first kappa shape index (κ1) is 11.0. The maximum Gasteiger partial charge on any atom is 0.0897 e. The van der Waals surface area contributed by atoms with E-state index in [4.69, 9.17) is 0 Å². The Balaban J connectivity index is 1.79. The van der Waals surface area contributed by atoms with Crippen molar-refractivity contribution in [2.45, 2.75) is 38.9 Å². The standard InChI is InChI=1S/C11H19N3S/c1-8-4-10(6-14(8)3)12-5-11-7-15-9(2)13-11/h7-8,10,12H,4-6H2,1-3H3. The maximum absolute atomic E-state index is 4.45. The Hall–Kier alpha value is -0.450. The maximum atomic E-state index is 4.45. The zero-order valence-corrected chi connectivity index (χ0v) is 10.5. The zero-order valence-electron chi connectivity index (χ0n) is 9.66. The molecule has 1 aliphatic rings. The monoisotopic (exact) mass is 225 g/mol. The number of aryl methyl sites for hydroxylation is 1. The van der Waals surface area contributed by atoms with Crippen molar-refractivity contribution in [2.75, 3.05) is 13.6 Å². The number of rotatable bonds is 3. The highest BCUT2D eigenvalue weighted by atomic mass is 32.1. The van der Waals surface area contributed by atoms with Crippen LogP contribution in [-0.4, -0.2) is 35.6 Å². The molecule has 1 saturated heterocycles. The second-order valence-corrected chi connectivity index (χ2v) is 5.52. The third-order valence-corrected chi connectivity index (χ3v) is 3.95.